The Morgan fingerprint density at radius 2 is 1.57 bits per heavy atom. The highest BCUT2D eigenvalue weighted by molar-refractivity contribution is 7.89. The lowest BCUT2D eigenvalue weighted by Crippen LogP contribution is -2.37. The van der Waals surface area contributed by atoms with Crippen molar-refractivity contribution in [2.24, 2.45) is 5.73 Å². The molecule has 0 unspecified atom stereocenters. The van der Waals surface area contributed by atoms with E-state index in [2.05, 4.69) is 0 Å². The van der Waals surface area contributed by atoms with Gasteiger partial charge < -0.3 is 10.6 Å². The van der Waals surface area contributed by atoms with Gasteiger partial charge in [-0.3, -0.25) is 9.59 Å². The Bertz CT molecular complexity index is 981. The molecule has 1 heterocycles. The zero-order valence-electron chi connectivity index (χ0n) is 15.7. The summed E-state index contributed by atoms with van der Waals surface area (Å²) in [5, 5.41) is 0. The Morgan fingerprint density at radius 1 is 0.964 bits per heavy atom. The molecule has 0 radical (unpaired) electrons. The number of hydrogen-bond acceptors (Lipinski definition) is 4. The van der Waals surface area contributed by atoms with E-state index < -0.39 is 21.8 Å². The monoisotopic (exact) mass is 401 g/mol. The van der Waals surface area contributed by atoms with E-state index in [0.29, 0.717) is 24.3 Å². The van der Waals surface area contributed by atoms with Crippen LogP contribution < -0.4 is 10.6 Å². The molecule has 8 heteroatoms. The van der Waals surface area contributed by atoms with Crippen molar-refractivity contribution in [2.45, 2.75) is 24.2 Å². The summed E-state index contributed by atoms with van der Waals surface area (Å²) in [5.74, 6) is -0.999. The van der Waals surface area contributed by atoms with Crippen molar-refractivity contribution >= 4 is 27.5 Å². The Hall–Kier alpha value is -2.71. The number of hydrogen-bond donors (Lipinski definition) is 1. The van der Waals surface area contributed by atoms with Crippen LogP contribution in [0.3, 0.4) is 0 Å². The van der Waals surface area contributed by atoms with E-state index in [1.807, 2.05) is 0 Å². The minimum Gasteiger partial charge on any atom is -0.366 e. The molecule has 1 fully saturated rings. The fraction of sp³-hybridized carbons (Fsp3) is 0.300. The zero-order valence-corrected chi connectivity index (χ0v) is 16.5. The fourth-order valence-electron chi connectivity index (χ4n) is 3.26. The topological polar surface area (TPSA) is 101 Å². The lowest BCUT2D eigenvalue weighted by molar-refractivity contribution is 0.0986. The van der Waals surface area contributed by atoms with E-state index in [4.69, 9.17) is 5.73 Å². The Kier molecular flexibility index (Phi) is 5.81. The molecular formula is C20H23N3O4S. The first kappa shape index (κ1) is 20.0. The van der Waals surface area contributed by atoms with Gasteiger partial charge in [-0.25, -0.2) is 8.42 Å². The molecule has 3 rings (SSSR count). The SMILES string of the molecule is CN(C(=O)c1ccccc1S(=O)(=O)N1CCCCC1)c1ccc(C(N)=O)cc1. The van der Waals surface area contributed by atoms with Crippen LogP contribution in [0.1, 0.15) is 40.0 Å². The Labute approximate surface area is 164 Å². The van der Waals surface area contributed by atoms with E-state index in [9.17, 15) is 18.0 Å². The second-order valence-corrected chi connectivity index (χ2v) is 8.64. The first-order valence-electron chi connectivity index (χ1n) is 9.09. The number of carbonyl (C=O) groups is 2. The van der Waals surface area contributed by atoms with E-state index in [-0.39, 0.29) is 10.5 Å². The van der Waals surface area contributed by atoms with Gasteiger partial charge in [-0.15, -0.1) is 0 Å². The standard InChI is InChI=1S/C20H23N3O4S/c1-22(16-11-9-15(10-12-16)19(21)24)20(25)17-7-3-4-8-18(17)28(26,27)23-13-5-2-6-14-23/h3-4,7-12H,2,5-6,13-14H2,1H3,(H2,21,24). The molecule has 2 aromatic carbocycles. The molecule has 0 bridgehead atoms. The molecule has 28 heavy (non-hydrogen) atoms. The average molecular weight is 401 g/mol. The van der Waals surface area contributed by atoms with Crippen molar-refractivity contribution < 1.29 is 18.0 Å². The van der Waals surface area contributed by atoms with Crippen molar-refractivity contribution in [1.82, 2.24) is 4.31 Å². The maximum Gasteiger partial charge on any atom is 0.259 e. The third kappa shape index (κ3) is 3.93. The number of primary amides is 1. The normalized spacial score (nSPS) is 15.2. The van der Waals surface area contributed by atoms with Crippen molar-refractivity contribution in [2.75, 3.05) is 25.0 Å². The Balaban J connectivity index is 1.93. The second-order valence-electron chi connectivity index (χ2n) is 6.74. The molecule has 0 saturated carbocycles. The number of rotatable bonds is 5. The predicted octanol–water partition coefficient (Wildman–Crippen LogP) is 2.24. The first-order valence-corrected chi connectivity index (χ1v) is 10.5. The number of carbonyl (C=O) groups excluding carboxylic acids is 2. The third-order valence-electron chi connectivity index (χ3n) is 4.89. The molecule has 2 amide bonds. The van der Waals surface area contributed by atoms with Gasteiger partial charge in [-0.05, 0) is 49.2 Å². The van der Waals surface area contributed by atoms with Crippen molar-refractivity contribution in [3.8, 4) is 0 Å². The van der Waals surface area contributed by atoms with Crippen LogP contribution in [0.25, 0.3) is 0 Å². The molecule has 0 aromatic heterocycles. The van der Waals surface area contributed by atoms with E-state index >= 15 is 0 Å². The third-order valence-corrected chi connectivity index (χ3v) is 6.85. The van der Waals surface area contributed by atoms with Gasteiger partial charge in [0.2, 0.25) is 15.9 Å². The molecule has 2 N–H and O–H groups in total. The molecule has 0 spiro atoms. The van der Waals surface area contributed by atoms with Gasteiger partial charge in [-0.1, -0.05) is 18.6 Å². The average Bonchev–Trinajstić information content (AvgIpc) is 2.73. The van der Waals surface area contributed by atoms with Crippen LogP contribution in [0.5, 0.6) is 0 Å². The lowest BCUT2D eigenvalue weighted by atomic mass is 10.1. The van der Waals surface area contributed by atoms with Crippen molar-refractivity contribution in [3.63, 3.8) is 0 Å². The summed E-state index contributed by atoms with van der Waals surface area (Å²) in [6.45, 7) is 0.935. The van der Waals surface area contributed by atoms with Crippen LogP contribution in [0.15, 0.2) is 53.4 Å². The van der Waals surface area contributed by atoms with Gasteiger partial charge in [-0.2, -0.15) is 4.31 Å². The maximum atomic E-state index is 13.1. The molecule has 7 nitrogen and oxygen atoms in total. The summed E-state index contributed by atoms with van der Waals surface area (Å²) >= 11 is 0. The number of benzene rings is 2. The number of amides is 2. The van der Waals surface area contributed by atoms with E-state index in [1.165, 1.54) is 33.5 Å². The van der Waals surface area contributed by atoms with Gasteiger partial charge >= 0.3 is 0 Å². The van der Waals surface area contributed by atoms with Gasteiger partial charge in [0.25, 0.3) is 5.91 Å². The minimum atomic E-state index is -3.75. The summed E-state index contributed by atoms with van der Waals surface area (Å²) in [4.78, 5) is 25.7. The first-order chi connectivity index (χ1) is 13.3. The molecule has 1 saturated heterocycles. The van der Waals surface area contributed by atoms with Crippen LogP contribution in [0.4, 0.5) is 5.69 Å². The van der Waals surface area contributed by atoms with Crippen molar-refractivity contribution in [3.05, 3.63) is 59.7 Å². The smallest absolute Gasteiger partial charge is 0.259 e. The number of nitrogens with two attached hydrogens (primary N) is 1. The summed E-state index contributed by atoms with van der Waals surface area (Å²) in [6.07, 6.45) is 2.65. The number of nitrogens with zero attached hydrogens (tertiary/aromatic N) is 2. The van der Waals surface area contributed by atoms with Crippen LogP contribution in [0.2, 0.25) is 0 Å². The van der Waals surface area contributed by atoms with Crippen LogP contribution in [-0.2, 0) is 10.0 Å². The molecule has 2 aromatic rings. The number of sulfonamides is 1. The van der Waals surface area contributed by atoms with E-state index in [1.54, 1.807) is 31.3 Å². The lowest BCUT2D eigenvalue weighted by Gasteiger charge is -2.27. The molecule has 1 aliphatic heterocycles. The summed E-state index contributed by atoms with van der Waals surface area (Å²) in [7, 11) is -2.19. The van der Waals surface area contributed by atoms with Gasteiger partial charge in [0, 0.05) is 31.4 Å². The van der Waals surface area contributed by atoms with Crippen LogP contribution in [-0.4, -0.2) is 44.7 Å². The number of piperidine rings is 1. The van der Waals surface area contributed by atoms with Crippen LogP contribution in [0, 0.1) is 0 Å². The minimum absolute atomic E-state index is 0.0162. The van der Waals surface area contributed by atoms with E-state index in [0.717, 1.165) is 19.3 Å². The molecule has 148 valence electrons. The summed E-state index contributed by atoms with van der Waals surface area (Å²) in [6, 6.07) is 12.5. The molecule has 0 aliphatic carbocycles. The molecular weight excluding hydrogens is 378 g/mol. The molecule has 1 aliphatic rings. The molecule has 0 atom stereocenters. The Morgan fingerprint density at radius 3 is 2.18 bits per heavy atom. The van der Waals surface area contributed by atoms with Crippen molar-refractivity contribution in [1.29, 1.82) is 0 Å². The highest BCUT2D eigenvalue weighted by atomic mass is 32.2. The maximum absolute atomic E-state index is 13.1. The predicted molar refractivity (Wildman–Crippen MR) is 107 cm³/mol. The van der Waals surface area contributed by atoms with Gasteiger partial charge in [0.05, 0.1) is 10.5 Å². The highest BCUT2D eigenvalue weighted by Crippen LogP contribution is 2.26. The van der Waals surface area contributed by atoms with Gasteiger partial charge in [0.1, 0.15) is 0 Å². The zero-order chi connectivity index (χ0) is 20.3. The number of anilines is 1. The summed E-state index contributed by atoms with van der Waals surface area (Å²) in [5.41, 5.74) is 6.22. The summed E-state index contributed by atoms with van der Waals surface area (Å²) < 4.78 is 27.6. The fourth-order valence-corrected chi connectivity index (χ4v) is 4.96. The largest absolute Gasteiger partial charge is 0.366 e. The van der Waals surface area contributed by atoms with Gasteiger partial charge in [0.15, 0.2) is 0 Å². The van der Waals surface area contributed by atoms with Crippen LogP contribution >= 0.6 is 0 Å². The highest BCUT2D eigenvalue weighted by Gasteiger charge is 2.30. The quantitative estimate of drug-likeness (QED) is 0.830. The second kappa shape index (κ2) is 8.12.